The fourth-order valence-corrected chi connectivity index (χ4v) is 7.33. The van der Waals surface area contributed by atoms with E-state index in [4.69, 9.17) is 9.47 Å². The number of alkyl halides is 2. The molecule has 4 aliphatic carbocycles. The monoisotopic (exact) mass is 366 g/mol. The van der Waals surface area contributed by atoms with Crippen molar-refractivity contribution in [3.63, 3.8) is 0 Å². The largest absolute Gasteiger partial charge is 0.469 e. The molecule has 6 atom stereocenters. The topological polar surface area (TPSA) is 52.6 Å². The Kier molecular flexibility index (Phi) is 2.29. The van der Waals surface area contributed by atoms with Crippen molar-refractivity contribution in [1.82, 2.24) is 0 Å². The maximum Gasteiger partial charge on any atom is 0.324 e. The third-order valence-corrected chi connectivity index (χ3v) is 7.56. The fourth-order valence-electron chi connectivity index (χ4n) is 4.22. The van der Waals surface area contributed by atoms with Crippen LogP contribution in [0.1, 0.15) is 6.42 Å². The van der Waals surface area contributed by atoms with Crippen molar-refractivity contribution in [3.05, 3.63) is 0 Å². The average Bonchev–Trinajstić information content (AvgIpc) is 2.69. The molecule has 6 heteroatoms. The summed E-state index contributed by atoms with van der Waals surface area (Å²) in [5.41, 5.74) is -0.715. The van der Waals surface area contributed by atoms with Gasteiger partial charge in [0.15, 0.2) is 0 Å². The van der Waals surface area contributed by atoms with Crippen molar-refractivity contribution in [1.29, 1.82) is 0 Å². The van der Waals surface area contributed by atoms with Crippen LogP contribution in [0.3, 0.4) is 0 Å². The van der Waals surface area contributed by atoms with Crippen LogP contribution in [-0.2, 0) is 19.1 Å². The molecule has 17 heavy (non-hydrogen) atoms. The van der Waals surface area contributed by atoms with E-state index in [1.54, 1.807) is 0 Å². The number of hydrogen-bond acceptors (Lipinski definition) is 4. The van der Waals surface area contributed by atoms with E-state index in [0.29, 0.717) is 0 Å². The number of esters is 2. The molecule has 0 heterocycles. The Morgan fingerprint density at radius 2 is 1.76 bits per heavy atom. The molecule has 0 aliphatic heterocycles. The minimum absolute atomic E-state index is 0.101. The Balaban J connectivity index is 2.11. The first-order valence-corrected chi connectivity index (χ1v) is 7.18. The predicted octanol–water partition coefficient (Wildman–Crippen LogP) is 1.50. The Morgan fingerprint density at radius 3 is 2.18 bits per heavy atom. The van der Waals surface area contributed by atoms with Gasteiger partial charge in [0.05, 0.1) is 14.2 Å². The number of hydrogen-bond donors (Lipinski definition) is 0. The van der Waals surface area contributed by atoms with Crippen LogP contribution < -0.4 is 0 Å². The molecule has 0 spiro atoms. The molecule has 94 valence electrons. The van der Waals surface area contributed by atoms with E-state index in [2.05, 4.69) is 31.9 Å². The van der Waals surface area contributed by atoms with E-state index in [-0.39, 0.29) is 34.5 Å². The van der Waals surface area contributed by atoms with Crippen molar-refractivity contribution in [2.24, 2.45) is 23.2 Å². The number of ether oxygens (including phenoxy) is 2. The van der Waals surface area contributed by atoms with Crippen LogP contribution in [-0.4, -0.2) is 35.3 Å². The number of methoxy groups -OCH3 is 2. The summed E-state index contributed by atoms with van der Waals surface area (Å²) in [5.74, 6) is -0.121. The first-order valence-electron chi connectivity index (χ1n) is 5.47. The highest BCUT2D eigenvalue weighted by atomic mass is 79.9. The minimum atomic E-state index is -0.911. The van der Waals surface area contributed by atoms with Crippen LogP contribution in [0.2, 0.25) is 0 Å². The van der Waals surface area contributed by atoms with Gasteiger partial charge in [0.1, 0.15) is 9.74 Å². The van der Waals surface area contributed by atoms with Gasteiger partial charge in [-0.15, -0.1) is 0 Å². The lowest BCUT2D eigenvalue weighted by atomic mass is 9.89. The highest BCUT2D eigenvalue weighted by Crippen LogP contribution is 2.86. The number of carbonyl (C=O) groups is 2. The molecule has 0 aromatic heterocycles. The van der Waals surface area contributed by atoms with Crippen LogP contribution in [0.5, 0.6) is 0 Å². The number of rotatable bonds is 2. The van der Waals surface area contributed by atoms with Crippen LogP contribution >= 0.6 is 31.9 Å². The number of carbonyl (C=O) groups excluding carboxylic acids is 2. The van der Waals surface area contributed by atoms with Gasteiger partial charge in [0.2, 0.25) is 0 Å². The summed E-state index contributed by atoms with van der Waals surface area (Å²) in [7, 11) is 2.72. The lowest BCUT2D eigenvalue weighted by Crippen LogP contribution is -2.47. The van der Waals surface area contributed by atoms with Gasteiger partial charge in [-0.3, -0.25) is 9.59 Å². The number of halogens is 2. The van der Waals surface area contributed by atoms with Gasteiger partial charge in [-0.1, -0.05) is 31.9 Å². The maximum absolute atomic E-state index is 12.1. The molecule has 4 nitrogen and oxygen atoms in total. The van der Waals surface area contributed by atoms with Crippen molar-refractivity contribution in [2.45, 2.75) is 15.6 Å². The lowest BCUT2D eigenvalue weighted by molar-refractivity contribution is -0.156. The molecule has 0 unspecified atom stereocenters. The molecule has 0 amide bonds. The summed E-state index contributed by atoms with van der Waals surface area (Å²) in [5, 5.41) is 0. The summed E-state index contributed by atoms with van der Waals surface area (Å²) in [6.45, 7) is 0. The van der Waals surface area contributed by atoms with Crippen molar-refractivity contribution in [2.75, 3.05) is 14.2 Å². The summed E-state index contributed by atoms with van der Waals surface area (Å²) >= 11 is 7.13. The Bertz CT molecular complexity index is 410. The Morgan fingerprint density at radius 1 is 1.18 bits per heavy atom. The SMILES string of the molecule is COC(=O)[C@]12[C@@H]3[C@@H](Br)[C@@H](C[C@@H]31)[C@]2(Br)C(=O)OC. The van der Waals surface area contributed by atoms with E-state index in [0.717, 1.165) is 6.42 Å². The zero-order chi connectivity index (χ0) is 12.6. The molecule has 4 rings (SSSR count). The quantitative estimate of drug-likeness (QED) is 0.548. The predicted molar refractivity (Wildman–Crippen MR) is 65.9 cm³/mol. The smallest absolute Gasteiger partial charge is 0.324 e. The molecule has 4 saturated carbocycles. The zero-order valence-corrected chi connectivity index (χ0v) is 12.6. The van der Waals surface area contributed by atoms with Crippen LogP contribution in [0.25, 0.3) is 0 Å². The molecule has 0 saturated heterocycles. The van der Waals surface area contributed by atoms with Gasteiger partial charge < -0.3 is 9.47 Å². The molecule has 4 aliphatic rings. The molecule has 4 fully saturated rings. The zero-order valence-electron chi connectivity index (χ0n) is 9.41. The third kappa shape index (κ3) is 0.949. The Labute approximate surface area is 116 Å². The van der Waals surface area contributed by atoms with Crippen molar-refractivity contribution < 1.29 is 19.1 Å². The van der Waals surface area contributed by atoms with E-state index in [9.17, 15) is 9.59 Å². The highest BCUT2D eigenvalue weighted by Gasteiger charge is 2.94. The van der Waals surface area contributed by atoms with E-state index < -0.39 is 9.74 Å². The highest BCUT2D eigenvalue weighted by molar-refractivity contribution is 9.10. The van der Waals surface area contributed by atoms with E-state index in [1.807, 2.05) is 0 Å². The molecule has 0 aromatic carbocycles. The van der Waals surface area contributed by atoms with Crippen LogP contribution in [0.15, 0.2) is 0 Å². The summed E-state index contributed by atoms with van der Waals surface area (Å²) in [6, 6.07) is 0. The lowest BCUT2D eigenvalue weighted by Gasteiger charge is -2.29. The van der Waals surface area contributed by atoms with Crippen molar-refractivity contribution >= 4 is 43.8 Å². The summed E-state index contributed by atoms with van der Waals surface area (Å²) < 4.78 is 8.89. The first kappa shape index (κ1) is 12.0. The van der Waals surface area contributed by atoms with Gasteiger partial charge in [-0.05, 0) is 24.2 Å². The van der Waals surface area contributed by atoms with Gasteiger partial charge >= 0.3 is 11.9 Å². The molecular formula is C11H12Br2O4. The summed E-state index contributed by atoms with van der Waals surface area (Å²) in [6.07, 6.45) is 0.871. The molecule has 0 N–H and O–H groups in total. The van der Waals surface area contributed by atoms with Crippen LogP contribution in [0.4, 0.5) is 0 Å². The van der Waals surface area contributed by atoms with E-state index in [1.165, 1.54) is 14.2 Å². The second kappa shape index (κ2) is 3.26. The molecule has 4 bridgehead atoms. The van der Waals surface area contributed by atoms with Gasteiger partial charge in [-0.2, -0.15) is 0 Å². The molecule has 0 radical (unpaired) electrons. The fraction of sp³-hybridized carbons (Fsp3) is 0.818. The third-order valence-electron chi connectivity index (χ3n) is 4.79. The molecule has 0 aromatic rings. The van der Waals surface area contributed by atoms with Crippen LogP contribution in [0, 0.1) is 23.2 Å². The van der Waals surface area contributed by atoms with Gasteiger partial charge in [0, 0.05) is 4.83 Å². The van der Waals surface area contributed by atoms with E-state index >= 15 is 0 Å². The second-order valence-electron chi connectivity index (χ2n) is 4.98. The normalized spacial score (nSPS) is 53.4. The maximum atomic E-state index is 12.1. The minimum Gasteiger partial charge on any atom is -0.469 e. The first-order chi connectivity index (χ1) is 7.97. The van der Waals surface area contributed by atoms with Crippen molar-refractivity contribution in [3.8, 4) is 0 Å². The van der Waals surface area contributed by atoms with Gasteiger partial charge in [-0.25, -0.2) is 0 Å². The molecular weight excluding hydrogens is 356 g/mol. The average molecular weight is 368 g/mol. The standard InChI is InChI=1S/C11H12Br2O4/c1-16-8(14)10-4-3-5(7(12)6(4)10)11(10,13)9(15)17-2/h4-7H,3H2,1-2H3/t4-,5+,6-,7-,10+,11-/m0/s1. The second-order valence-corrected chi connectivity index (χ2v) is 7.29. The summed E-state index contributed by atoms with van der Waals surface area (Å²) in [4.78, 5) is 24.4. The van der Waals surface area contributed by atoms with Gasteiger partial charge in [0.25, 0.3) is 0 Å². The Hall–Kier alpha value is -0.100.